The lowest BCUT2D eigenvalue weighted by atomic mass is 9.94. The van der Waals surface area contributed by atoms with Gasteiger partial charge in [0.25, 0.3) is 11.8 Å². The van der Waals surface area contributed by atoms with Crippen LogP contribution in [0.3, 0.4) is 0 Å². The molecule has 0 spiro atoms. The quantitative estimate of drug-likeness (QED) is 0.902. The Morgan fingerprint density at radius 3 is 2.65 bits per heavy atom. The maximum atomic E-state index is 12.9. The van der Waals surface area contributed by atoms with Gasteiger partial charge in [0.15, 0.2) is 0 Å². The number of rotatable bonds is 3. The van der Waals surface area contributed by atoms with E-state index in [1.165, 1.54) is 19.3 Å². The van der Waals surface area contributed by atoms with Gasteiger partial charge in [0.1, 0.15) is 6.17 Å². The van der Waals surface area contributed by atoms with Crippen molar-refractivity contribution >= 4 is 17.5 Å². The van der Waals surface area contributed by atoms with E-state index in [1.807, 2.05) is 23.1 Å². The summed E-state index contributed by atoms with van der Waals surface area (Å²) in [7, 11) is 0. The average molecular weight is 355 g/mol. The van der Waals surface area contributed by atoms with Crippen molar-refractivity contribution in [1.82, 2.24) is 10.2 Å². The van der Waals surface area contributed by atoms with Crippen molar-refractivity contribution in [2.75, 3.05) is 18.0 Å². The lowest BCUT2D eigenvalue weighted by molar-refractivity contribution is 0.0582. The van der Waals surface area contributed by atoms with Crippen LogP contribution in [0.1, 0.15) is 79.0 Å². The molecule has 140 valence electrons. The van der Waals surface area contributed by atoms with Gasteiger partial charge in [-0.1, -0.05) is 19.3 Å². The number of benzene rings is 1. The third kappa shape index (κ3) is 3.08. The summed E-state index contributed by atoms with van der Waals surface area (Å²) in [5.41, 5.74) is 2.33. The number of fused-ring (bicyclic) bond motifs is 2. The summed E-state index contributed by atoms with van der Waals surface area (Å²) in [6.45, 7) is 3.81. The highest BCUT2D eigenvalue weighted by Crippen LogP contribution is 2.35. The molecule has 2 heterocycles. The number of hydrogen-bond donors (Lipinski definition) is 1. The van der Waals surface area contributed by atoms with Crippen molar-refractivity contribution < 1.29 is 9.59 Å². The van der Waals surface area contributed by atoms with Gasteiger partial charge in [-0.05, 0) is 57.2 Å². The van der Waals surface area contributed by atoms with Gasteiger partial charge < -0.3 is 15.1 Å². The second-order valence-corrected chi connectivity index (χ2v) is 7.80. The largest absolute Gasteiger partial charge is 0.351 e. The van der Waals surface area contributed by atoms with Crippen LogP contribution in [-0.2, 0) is 0 Å². The lowest BCUT2D eigenvalue weighted by Gasteiger charge is -2.47. The number of anilines is 1. The monoisotopic (exact) mass is 355 g/mol. The molecule has 4 rings (SSSR count). The normalized spacial score (nSPS) is 23.4. The zero-order chi connectivity index (χ0) is 18.1. The summed E-state index contributed by atoms with van der Waals surface area (Å²) in [6, 6.07) is 5.89. The first-order valence-corrected chi connectivity index (χ1v) is 10.2. The summed E-state index contributed by atoms with van der Waals surface area (Å²) in [5.74, 6) is 0.114. The summed E-state index contributed by atoms with van der Waals surface area (Å²) in [4.78, 5) is 30.0. The lowest BCUT2D eigenvalue weighted by Crippen LogP contribution is -2.57. The molecule has 0 radical (unpaired) electrons. The summed E-state index contributed by atoms with van der Waals surface area (Å²) in [6.07, 6.45) is 9.22. The second kappa shape index (κ2) is 7.29. The zero-order valence-electron chi connectivity index (χ0n) is 15.7. The number of piperidine rings is 1. The minimum absolute atomic E-state index is 0.00530. The van der Waals surface area contributed by atoms with Crippen molar-refractivity contribution in [2.45, 2.75) is 70.5 Å². The highest BCUT2D eigenvalue weighted by molar-refractivity contribution is 6.04. The van der Waals surface area contributed by atoms with Gasteiger partial charge in [0, 0.05) is 24.7 Å². The first-order chi connectivity index (χ1) is 12.7. The molecule has 1 N–H and O–H groups in total. The number of hydrogen-bond acceptors (Lipinski definition) is 3. The number of amides is 2. The molecule has 0 bridgehead atoms. The van der Waals surface area contributed by atoms with E-state index < -0.39 is 0 Å². The van der Waals surface area contributed by atoms with Crippen molar-refractivity contribution in [3.05, 3.63) is 29.3 Å². The molecule has 2 fully saturated rings. The molecule has 1 aromatic carbocycles. The highest BCUT2D eigenvalue weighted by Gasteiger charge is 2.38. The van der Waals surface area contributed by atoms with Crippen molar-refractivity contribution in [3.63, 3.8) is 0 Å². The summed E-state index contributed by atoms with van der Waals surface area (Å²) < 4.78 is 0. The topological polar surface area (TPSA) is 52.7 Å². The van der Waals surface area contributed by atoms with E-state index in [9.17, 15) is 9.59 Å². The Balaban J connectivity index is 1.60. The molecule has 1 atom stereocenters. The average Bonchev–Trinajstić information content (AvgIpc) is 2.69. The van der Waals surface area contributed by atoms with E-state index >= 15 is 0 Å². The summed E-state index contributed by atoms with van der Waals surface area (Å²) >= 11 is 0. The van der Waals surface area contributed by atoms with Crippen molar-refractivity contribution in [2.24, 2.45) is 0 Å². The highest BCUT2D eigenvalue weighted by atomic mass is 16.2. The van der Waals surface area contributed by atoms with Crippen LogP contribution in [0.4, 0.5) is 5.69 Å². The van der Waals surface area contributed by atoms with Gasteiger partial charge in [-0.2, -0.15) is 0 Å². The van der Waals surface area contributed by atoms with Gasteiger partial charge in [-0.15, -0.1) is 0 Å². The SMILES string of the molecule is CCN1c2cc(C(=O)NC3CCCCC3)ccc2C(=O)N2CCCC[C@H]21. The molecule has 1 aromatic rings. The molecular formula is C21H29N3O2. The van der Waals surface area contributed by atoms with Gasteiger partial charge in [0.05, 0.1) is 11.3 Å². The Kier molecular flexibility index (Phi) is 4.88. The molecule has 5 nitrogen and oxygen atoms in total. The van der Waals surface area contributed by atoms with E-state index in [2.05, 4.69) is 17.1 Å². The summed E-state index contributed by atoms with van der Waals surface area (Å²) in [5, 5.41) is 3.19. The third-order valence-corrected chi connectivity index (χ3v) is 6.17. The molecule has 2 aliphatic heterocycles. The van der Waals surface area contributed by atoms with E-state index in [0.717, 1.165) is 56.4 Å². The van der Waals surface area contributed by atoms with E-state index in [-0.39, 0.29) is 18.0 Å². The van der Waals surface area contributed by atoms with Crippen LogP contribution in [0.25, 0.3) is 0 Å². The Morgan fingerprint density at radius 1 is 1.12 bits per heavy atom. The van der Waals surface area contributed by atoms with Crippen LogP contribution >= 0.6 is 0 Å². The molecule has 0 unspecified atom stereocenters. The van der Waals surface area contributed by atoms with Crippen LogP contribution in [0, 0.1) is 0 Å². The van der Waals surface area contributed by atoms with Crippen LogP contribution in [0.5, 0.6) is 0 Å². The van der Waals surface area contributed by atoms with Crippen LogP contribution in [0.2, 0.25) is 0 Å². The van der Waals surface area contributed by atoms with Crippen molar-refractivity contribution in [1.29, 1.82) is 0 Å². The predicted molar refractivity (Wildman–Crippen MR) is 102 cm³/mol. The third-order valence-electron chi connectivity index (χ3n) is 6.17. The number of carbonyl (C=O) groups is 2. The van der Waals surface area contributed by atoms with Gasteiger partial charge in [-0.3, -0.25) is 9.59 Å². The molecule has 0 aromatic heterocycles. The first-order valence-electron chi connectivity index (χ1n) is 10.2. The zero-order valence-corrected chi connectivity index (χ0v) is 15.7. The minimum atomic E-state index is -0.00530. The van der Waals surface area contributed by atoms with Crippen molar-refractivity contribution in [3.8, 4) is 0 Å². The molecular weight excluding hydrogens is 326 g/mol. The Bertz CT molecular complexity index is 696. The number of carbonyl (C=O) groups excluding carboxylic acids is 2. The van der Waals surface area contributed by atoms with E-state index in [4.69, 9.17) is 0 Å². The fourth-order valence-corrected chi connectivity index (χ4v) is 4.78. The van der Waals surface area contributed by atoms with Crippen LogP contribution in [0.15, 0.2) is 18.2 Å². The maximum Gasteiger partial charge on any atom is 0.257 e. The minimum Gasteiger partial charge on any atom is -0.351 e. The van der Waals surface area contributed by atoms with E-state index in [0.29, 0.717) is 11.6 Å². The molecule has 26 heavy (non-hydrogen) atoms. The number of nitrogens with one attached hydrogen (secondary N) is 1. The maximum absolute atomic E-state index is 12.9. The smallest absolute Gasteiger partial charge is 0.257 e. The first kappa shape index (κ1) is 17.4. The van der Waals surface area contributed by atoms with Gasteiger partial charge >= 0.3 is 0 Å². The predicted octanol–water partition coefficient (Wildman–Crippen LogP) is 3.54. The Hall–Kier alpha value is -2.04. The fraction of sp³-hybridized carbons (Fsp3) is 0.619. The van der Waals surface area contributed by atoms with Crippen LogP contribution < -0.4 is 10.2 Å². The molecule has 3 aliphatic rings. The van der Waals surface area contributed by atoms with Gasteiger partial charge in [-0.25, -0.2) is 0 Å². The van der Waals surface area contributed by atoms with Crippen LogP contribution in [-0.4, -0.2) is 42.0 Å². The number of nitrogens with zero attached hydrogens (tertiary/aromatic N) is 2. The molecule has 1 saturated heterocycles. The molecule has 2 amide bonds. The molecule has 5 heteroatoms. The van der Waals surface area contributed by atoms with E-state index in [1.54, 1.807) is 0 Å². The molecule has 1 saturated carbocycles. The Morgan fingerprint density at radius 2 is 1.88 bits per heavy atom. The Labute approximate surface area is 155 Å². The molecule has 1 aliphatic carbocycles. The second-order valence-electron chi connectivity index (χ2n) is 7.80. The standard InChI is InChI=1S/C21H29N3O2/c1-2-23-18-14-15(20(25)22-16-8-4-3-5-9-16)11-12-17(18)21(26)24-13-7-6-10-19(23)24/h11-12,14,16,19H,2-10,13H2,1H3,(H,22,25)/t19-/m0/s1. The van der Waals surface area contributed by atoms with Gasteiger partial charge in [0.2, 0.25) is 0 Å². The fourth-order valence-electron chi connectivity index (χ4n) is 4.78.